The van der Waals surface area contributed by atoms with Crippen molar-refractivity contribution in [3.63, 3.8) is 0 Å². The fraction of sp³-hybridized carbons (Fsp3) is 0.400. The summed E-state index contributed by atoms with van der Waals surface area (Å²) >= 11 is 0. The molecule has 0 aliphatic carbocycles. The maximum Gasteiger partial charge on any atom is 0.224 e. The van der Waals surface area contributed by atoms with Gasteiger partial charge in [0.1, 0.15) is 0 Å². The van der Waals surface area contributed by atoms with Crippen molar-refractivity contribution < 1.29 is 14.4 Å². The van der Waals surface area contributed by atoms with Gasteiger partial charge in [-0.05, 0) is 68.1 Å². The summed E-state index contributed by atoms with van der Waals surface area (Å²) < 4.78 is 0. The maximum absolute atomic E-state index is 12.4. The van der Waals surface area contributed by atoms with E-state index in [0.717, 1.165) is 42.6 Å². The van der Waals surface area contributed by atoms with Crippen molar-refractivity contribution in [2.45, 2.75) is 46.1 Å². The number of anilines is 1. The van der Waals surface area contributed by atoms with Crippen LogP contribution in [-0.2, 0) is 16.1 Å². The Morgan fingerprint density at radius 2 is 1.77 bits per heavy atom. The van der Waals surface area contributed by atoms with Crippen molar-refractivity contribution in [2.75, 3.05) is 18.4 Å². The number of amides is 2. The Kier molecular flexibility index (Phi) is 7.58. The molecule has 1 aliphatic heterocycles. The summed E-state index contributed by atoms with van der Waals surface area (Å²) in [5, 5.41) is 2.86. The van der Waals surface area contributed by atoms with E-state index in [0.29, 0.717) is 17.8 Å². The number of nitrogens with two attached hydrogens (primary N) is 1. The molecule has 0 radical (unpaired) electrons. The van der Waals surface area contributed by atoms with Crippen molar-refractivity contribution in [2.24, 2.45) is 11.7 Å². The van der Waals surface area contributed by atoms with Gasteiger partial charge < -0.3 is 11.1 Å². The Labute approximate surface area is 183 Å². The molecule has 1 aliphatic rings. The van der Waals surface area contributed by atoms with Crippen LogP contribution in [0, 0.1) is 19.8 Å². The first kappa shape index (κ1) is 22.7. The third-order valence-electron chi connectivity index (χ3n) is 5.96. The summed E-state index contributed by atoms with van der Waals surface area (Å²) in [5.74, 6) is -0.493. The van der Waals surface area contributed by atoms with Crippen LogP contribution in [0.15, 0.2) is 42.5 Å². The largest absolute Gasteiger partial charge is 0.369 e. The molecule has 1 heterocycles. The molecular formula is C25H31N3O3. The van der Waals surface area contributed by atoms with Gasteiger partial charge in [-0.15, -0.1) is 0 Å². The number of nitrogens with zero attached hydrogens (tertiary/aromatic N) is 1. The van der Waals surface area contributed by atoms with Crippen molar-refractivity contribution >= 4 is 23.3 Å². The topological polar surface area (TPSA) is 92.5 Å². The molecule has 1 atom stereocenters. The molecule has 3 rings (SSSR count). The third-order valence-corrected chi connectivity index (χ3v) is 5.96. The molecule has 0 aromatic heterocycles. The van der Waals surface area contributed by atoms with Gasteiger partial charge in [0.05, 0.1) is 5.92 Å². The number of aryl methyl sites for hydroxylation is 2. The van der Waals surface area contributed by atoms with E-state index < -0.39 is 0 Å². The number of nitrogens with one attached hydrogen (secondary N) is 1. The highest BCUT2D eigenvalue weighted by Crippen LogP contribution is 2.19. The number of likely N-dealkylation sites (tertiary alicyclic amines) is 1. The number of benzene rings is 2. The fourth-order valence-corrected chi connectivity index (χ4v) is 3.89. The number of carbonyl (C=O) groups excluding carboxylic acids is 3. The number of rotatable bonds is 8. The molecule has 1 unspecified atom stereocenters. The normalized spacial score (nSPS) is 16.6. The monoisotopic (exact) mass is 421 g/mol. The number of piperidine rings is 1. The van der Waals surface area contributed by atoms with E-state index in [9.17, 15) is 14.4 Å². The number of carbonyl (C=O) groups is 3. The lowest BCUT2D eigenvalue weighted by Crippen LogP contribution is -2.40. The summed E-state index contributed by atoms with van der Waals surface area (Å²) in [6.45, 7) is 6.39. The van der Waals surface area contributed by atoms with Crippen LogP contribution in [0.3, 0.4) is 0 Å². The molecule has 31 heavy (non-hydrogen) atoms. The molecule has 6 nitrogen and oxygen atoms in total. The second-order valence-electron chi connectivity index (χ2n) is 8.44. The summed E-state index contributed by atoms with van der Waals surface area (Å²) in [4.78, 5) is 38.3. The second kappa shape index (κ2) is 10.4. The Bertz CT molecular complexity index is 953. The van der Waals surface area contributed by atoms with Gasteiger partial charge in [0.2, 0.25) is 11.8 Å². The second-order valence-corrected chi connectivity index (χ2v) is 8.44. The highest BCUT2D eigenvalue weighted by molar-refractivity contribution is 6.00. The van der Waals surface area contributed by atoms with Gasteiger partial charge in [0.15, 0.2) is 5.78 Å². The molecule has 1 saturated heterocycles. The highest BCUT2D eigenvalue weighted by Gasteiger charge is 2.23. The minimum absolute atomic E-state index is 0.0237. The van der Waals surface area contributed by atoms with Gasteiger partial charge in [0.25, 0.3) is 0 Å². The van der Waals surface area contributed by atoms with E-state index in [1.165, 1.54) is 0 Å². The summed E-state index contributed by atoms with van der Waals surface area (Å²) in [6.07, 6.45) is 2.17. The third kappa shape index (κ3) is 6.49. The van der Waals surface area contributed by atoms with E-state index in [2.05, 4.69) is 10.2 Å². The number of hydrogen-bond acceptors (Lipinski definition) is 4. The van der Waals surface area contributed by atoms with Crippen LogP contribution in [0.1, 0.15) is 52.7 Å². The van der Waals surface area contributed by atoms with E-state index in [4.69, 9.17) is 5.73 Å². The smallest absolute Gasteiger partial charge is 0.224 e. The van der Waals surface area contributed by atoms with Gasteiger partial charge in [-0.25, -0.2) is 0 Å². The van der Waals surface area contributed by atoms with Crippen molar-refractivity contribution in [1.29, 1.82) is 0 Å². The zero-order chi connectivity index (χ0) is 22.4. The summed E-state index contributed by atoms with van der Waals surface area (Å²) in [5.41, 5.74) is 10.1. The predicted octanol–water partition coefficient (Wildman–Crippen LogP) is 3.60. The Morgan fingerprint density at radius 1 is 1.03 bits per heavy atom. The quantitative estimate of drug-likeness (QED) is 0.637. The number of ketones is 1. The average molecular weight is 422 g/mol. The van der Waals surface area contributed by atoms with Gasteiger partial charge in [0, 0.05) is 37.2 Å². The van der Waals surface area contributed by atoms with Crippen LogP contribution < -0.4 is 11.1 Å². The first-order valence-electron chi connectivity index (χ1n) is 10.8. The lowest BCUT2D eigenvalue weighted by Gasteiger charge is -2.31. The van der Waals surface area contributed by atoms with Crippen LogP contribution in [-0.4, -0.2) is 35.6 Å². The molecule has 2 amide bonds. The molecule has 6 heteroatoms. The zero-order valence-electron chi connectivity index (χ0n) is 18.3. The molecular weight excluding hydrogens is 390 g/mol. The fourth-order valence-electron chi connectivity index (χ4n) is 3.89. The van der Waals surface area contributed by atoms with E-state index in [1.54, 1.807) is 0 Å². The number of primary amides is 1. The lowest BCUT2D eigenvalue weighted by atomic mass is 9.97. The highest BCUT2D eigenvalue weighted by atomic mass is 16.2. The van der Waals surface area contributed by atoms with Crippen molar-refractivity contribution in [1.82, 2.24) is 4.90 Å². The molecule has 0 spiro atoms. The average Bonchev–Trinajstić information content (AvgIpc) is 2.75. The van der Waals surface area contributed by atoms with Crippen LogP contribution in [0.5, 0.6) is 0 Å². The Balaban J connectivity index is 1.46. The standard InChI is InChI=1S/C25H31N3O3/c1-17-5-8-20(14-18(17)2)23(29)11-12-24(30)27-22-9-6-19(7-10-22)15-28-13-3-4-21(16-28)25(26)31/h5-10,14,21H,3-4,11-13,15-16H2,1-2H3,(H2,26,31)(H,27,30). The summed E-state index contributed by atoms with van der Waals surface area (Å²) in [7, 11) is 0. The molecule has 1 fully saturated rings. The predicted molar refractivity (Wildman–Crippen MR) is 122 cm³/mol. The van der Waals surface area contributed by atoms with Crippen LogP contribution in [0.4, 0.5) is 5.69 Å². The summed E-state index contributed by atoms with van der Waals surface area (Å²) in [6, 6.07) is 13.3. The van der Waals surface area contributed by atoms with Crippen LogP contribution in [0.2, 0.25) is 0 Å². The zero-order valence-corrected chi connectivity index (χ0v) is 18.3. The SMILES string of the molecule is Cc1ccc(C(=O)CCC(=O)Nc2ccc(CN3CCCC(C(N)=O)C3)cc2)cc1C. The molecule has 3 N–H and O–H groups in total. The molecule has 0 bridgehead atoms. The Hall–Kier alpha value is -2.99. The van der Waals surface area contributed by atoms with Crippen LogP contribution >= 0.6 is 0 Å². The van der Waals surface area contributed by atoms with Crippen LogP contribution in [0.25, 0.3) is 0 Å². The van der Waals surface area contributed by atoms with Gasteiger partial charge in [-0.1, -0.05) is 24.3 Å². The molecule has 2 aromatic rings. The number of Topliss-reactive ketones (excluding diaryl/α,β-unsaturated/α-hetero) is 1. The van der Waals surface area contributed by atoms with Crippen molar-refractivity contribution in [3.8, 4) is 0 Å². The number of hydrogen-bond donors (Lipinski definition) is 2. The van der Waals surface area contributed by atoms with E-state index in [-0.39, 0.29) is 36.4 Å². The molecule has 2 aromatic carbocycles. The molecule has 164 valence electrons. The van der Waals surface area contributed by atoms with Gasteiger partial charge in [-0.3, -0.25) is 19.3 Å². The maximum atomic E-state index is 12.4. The minimum atomic E-state index is -0.223. The van der Waals surface area contributed by atoms with Gasteiger partial charge >= 0.3 is 0 Å². The first-order chi connectivity index (χ1) is 14.8. The van der Waals surface area contributed by atoms with Crippen molar-refractivity contribution in [3.05, 3.63) is 64.7 Å². The lowest BCUT2D eigenvalue weighted by molar-refractivity contribution is -0.123. The van der Waals surface area contributed by atoms with Gasteiger partial charge in [-0.2, -0.15) is 0 Å². The molecule has 0 saturated carbocycles. The first-order valence-corrected chi connectivity index (χ1v) is 10.8. The van der Waals surface area contributed by atoms with E-state index in [1.807, 2.05) is 56.3 Å². The van der Waals surface area contributed by atoms with E-state index >= 15 is 0 Å². The minimum Gasteiger partial charge on any atom is -0.369 e. The Morgan fingerprint density at radius 3 is 2.45 bits per heavy atom.